The molecule has 3 atom stereocenters. The SMILES string of the molecule is Cc1c(Cl)cccc1N1CCN(C(=O)[C@H]2CC(NC(=O)C(O)CN)CN2)CC1. The summed E-state index contributed by atoms with van der Waals surface area (Å²) in [5.41, 5.74) is 7.46. The Labute approximate surface area is 170 Å². The van der Waals surface area contributed by atoms with Gasteiger partial charge in [0.15, 0.2) is 0 Å². The Morgan fingerprint density at radius 3 is 2.75 bits per heavy atom. The van der Waals surface area contributed by atoms with Crippen LogP contribution in [0.4, 0.5) is 5.69 Å². The Bertz CT molecular complexity index is 724. The fraction of sp³-hybridized carbons (Fsp3) is 0.579. The third-order valence-electron chi connectivity index (χ3n) is 5.47. The molecule has 2 amide bonds. The molecule has 8 nitrogen and oxygen atoms in total. The Morgan fingerprint density at radius 2 is 2.07 bits per heavy atom. The normalized spacial score (nSPS) is 23.6. The quantitative estimate of drug-likeness (QED) is 0.520. The lowest BCUT2D eigenvalue weighted by atomic mass is 10.1. The molecular formula is C19H28ClN5O3. The highest BCUT2D eigenvalue weighted by molar-refractivity contribution is 6.31. The zero-order valence-corrected chi connectivity index (χ0v) is 16.8. The Hall–Kier alpha value is -1.87. The fourth-order valence-corrected chi connectivity index (χ4v) is 3.93. The third-order valence-corrected chi connectivity index (χ3v) is 5.88. The molecule has 2 aliphatic heterocycles. The molecule has 28 heavy (non-hydrogen) atoms. The van der Waals surface area contributed by atoms with Crippen LogP contribution in [-0.2, 0) is 9.59 Å². The van der Waals surface area contributed by atoms with Crippen molar-refractivity contribution >= 4 is 29.1 Å². The van der Waals surface area contributed by atoms with Crippen molar-refractivity contribution in [2.24, 2.45) is 5.73 Å². The zero-order chi connectivity index (χ0) is 20.3. The first-order chi connectivity index (χ1) is 13.4. The van der Waals surface area contributed by atoms with Gasteiger partial charge in [-0.2, -0.15) is 0 Å². The van der Waals surface area contributed by atoms with Crippen LogP contribution in [0.15, 0.2) is 18.2 Å². The number of hydrogen-bond acceptors (Lipinski definition) is 6. The van der Waals surface area contributed by atoms with Gasteiger partial charge in [0, 0.05) is 56.0 Å². The maximum Gasteiger partial charge on any atom is 0.250 e. The second-order valence-corrected chi connectivity index (χ2v) is 7.76. The largest absolute Gasteiger partial charge is 0.382 e. The van der Waals surface area contributed by atoms with Crippen molar-refractivity contribution in [3.63, 3.8) is 0 Å². The van der Waals surface area contributed by atoms with Gasteiger partial charge in [-0.15, -0.1) is 0 Å². The molecule has 2 aliphatic rings. The molecule has 9 heteroatoms. The molecule has 0 radical (unpaired) electrons. The maximum atomic E-state index is 12.8. The number of nitrogens with two attached hydrogens (primary N) is 1. The number of rotatable bonds is 5. The molecule has 2 heterocycles. The van der Waals surface area contributed by atoms with Crippen LogP contribution in [0, 0.1) is 6.92 Å². The smallest absolute Gasteiger partial charge is 0.250 e. The van der Waals surface area contributed by atoms with E-state index in [0.717, 1.165) is 29.4 Å². The molecule has 5 N–H and O–H groups in total. The van der Waals surface area contributed by atoms with Gasteiger partial charge in [0.05, 0.1) is 6.04 Å². The summed E-state index contributed by atoms with van der Waals surface area (Å²) >= 11 is 6.22. The van der Waals surface area contributed by atoms with Crippen LogP contribution in [0.5, 0.6) is 0 Å². The summed E-state index contributed by atoms with van der Waals surface area (Å²) < 4.78 is 0. The zero-order valence-electron chi connectivity index (χ0n) is 16.0. The van der Waals surface area contributed by atoms with E-state index in [1.165, 1.54) is 0 Å². The van der Waals surface area contributed by atoms with Gasteiger partial charge >= 0.3 is 0 Å². The molecular weight excluding hydrogens is 382 g/mol. The van der Waals surface area contributed by atoms with E-state index in [0.29, 0.717) is 26.1 Å². The molecule has 2 fully saturated rings. The number of aliphatic hydroxyl groups excluding tert-OH is 1. The number of benzene rings is 1. The minimum Gasteiger partial charge on any atom is -0.382 e. The first kappa shape index (κ1) is 20.9. The summed E-state index contributed by atoms with van der Waals surface area (Å²) in [5.74, 6) is -0.438. The van der Waals surface area contributed by atoms with Crippen LogP contribution in [0.2, 0.25) is 5.02 Å². The second-order valence-electron chi connectivity index (χ2n) is 7.35. The molecule has 0 spiro atoms. The number of anilines is 1. The van der Waals surface area contributed by atoms with Crippen LogP contribution in [0.1, 0.15) is 12.0 Å². The Morgan fingerprint density at radius 1 is 1.36 bits per heavy atom. The minimum absolute atomic E-state index is 0.0542. The number of hydrogen-bond donors (Lipinski definition) is 4. The van der Waals surface area contributed by atoms with E-state index in [4.69, 9.17) is 17.3 Å². The van der Waals surface area contributed by atoms with Gasteiger partial charge < -0.3 is 31.3 Å². The number of piperazine rings is 1. The van der Waals surface area contributed by atoms with E-state index in [2.05, 4.69) is 21.6 Å². The average Bonchev–Trinajstić information content (AvgIpc) is 3.17. The summed E-state index contributed by atoms with van der Waals surface area (Å²) in [6.07, 6.45) is -0.701. The highest BCUT2D eigenvalue weighted by atomic mass is 35.5. The van der Waals surface area contributed by atoms with Gasteiger partial charge in [-0.3, -0.25) is 9.59 Å². The highest BCUT2D eigenvalue weighted by Gasteiger charge is 2.34. The van der Waals surface area contributed by atoms with Gasteiger partial charge in [0.25, 0.3) is 0 Å². The predicted molar refractivity (Wildman–Crippen MR) is 108 cm³/mol. The number of aliphatic hydroxyl groups is 1. The number of amides is 2. The minimum atomic E-state index is -1.21. The van der Waals surface area contributed by atoms with Crippen molar-refractivity contribution in [3.05, 3.63) is 28.8 Å². The van der Waals surface area contributed by atoms with Crippen LogP contribution in [-0.4, -0.2) is 79.3 Å². The number of carbonyl (C=O) groups is 2. The molecule has 3 rings (SSSR count). The number of nitrogens with one attached hydrogen (secondary N) is 2. The molecule has 1 aromatic rings. The Balaban J connectivity index is 1.50. The highest BCUT2D eigenvalue weighted by Crippen LogP contribution is 2.27. The topological polar surface area (TPSA) is 111 Å². The molecule has 0 aromatic heterocycles. The molecule has 2 unspecified atom stereocenters. The van der Waals surface area contributed by atoms with Crippen molar-refractivity contribution in [1.82, 2.24) is 15.5 Å². The summed E-state index contributed by atoms with van der Waals surface area (Å²) in [7, 11) is 0. The standard InChI is InChI=1S/C19H28ClN5O3/c1-12-14(20)3-2-4-16(12)24-5-7-25(8-6-24)19(28)15-9-13(11-22-15)23-18(27)17(26)10-21/h2-4,13,15,17,22,26H,5-11,21H2,1H3,(H,23,27)/t13?,15-,17?/m1/s1. The van der Waals surface area contributed by atoms with Gasteiger partial charge in [-0.05, 0) is 31.0 Å². The molecule has 0 saturated carbocycles. The summed E-state index contributed by atoms with van der Waals surface area (Å²) in [6, 6.07) is 5.38. The van der Waals surface area contributed by atoms with Gasteiger partial charge in [0.1, 0.15) is 6.10 Å². The molecule has 0 aliphatic carbocycles. The molecule has 0 bridgehead atoms. The van der Waals surface area contributed by atoms with Crippen molar-refractivity contribution in [3.8, 4) is 0 Å². The third kappa shape index (κ3) is 4.57. The predicted octanol–water partition coefficient (Wildman–Crippen LogP) is -0.537. The van der Waals surface area contributed by atoms with Gasteiger partial charge in [-0.25, -0.2) is 0 Å². The van der Waals surface area contributed by atoms with Gasteiger partial charge in [-0.1, -0.05) is 17.7 Å². The molecule has 2 saturated heterocycles. The monoisotopic (exact) mass is 409 g/mol. The van der Waals surface area contributed by atoms with Crippen molar-refractivity contribution in [2.45, 2.75) is 31.5 Å². The van der Waals surface area contributed by atoms with Crippen LogP contribution >= 0.6 is 11.6 Å². The summed E-state index contributed by atoms with van der Waals surface area (Å²) in [5, 5.41) is 16.1. The van der Waals surface area contributed by atoms with Crippen molar-refractivity contribution < 1.29 is 14.7 Å². The average molecular weight is 410 g/mol. The first-order valence-corrected chi connectivity index (χ1v) is 9.99. The van der Waals surface area contributed by atoms with Crippen LogP contribution in [0.3, 0.4) is 0 Å². The van der Waals surface area contributed by atoms with Gasteiger partial charge in [0.2, 0.25) is 11.8 Å². The fourth-order valence-electron chi connectivity index (χ4n) is 3.76. The first-order valence-electron chi connectivity index (χ1n) is 9.61. The second kappa shape index (κ2) is 9.09. The number of halogens is 1. The van der Waals surface area contributed by atoms with Crippen LogP contribution < -0.4 is 21.3 Å². The number of carbonyl (C=O) groups excluding carboxylic acids is 2. The maximum absolute atomic E-state index is 12.8. The summed E-state index contributed by atoms with van der Waals surface area (Å²) in [4.78, 5) is 28.7. The lowest BCUT2D eigenvalue weighted by molar-refractivity contribution is -0.133. The van der Waals surface area contributed by atoms with Crippen molar-refractivity contribution in [2.75, 3.05) is 44.2 Å². The molecule has 154 valence electrons. The number of nitrogens with zero attached hydrogens (tertiary/aromatic N) is 2. The molecule has 1 aromatic carbocycles. The van der Waals surface area contributed by atoms with E-state index in [-0.39, 0.29) is 24.5 Å². The van der Waals surface area contributed by atoms with Crippen molar-refractivity contribution in [1.29, 1.82) is 0 Å². The Kier molecular flexibility index (Phi) is 6.77. The van der Waals surface area contributed by atoms with Crippen LogP contribution in [0.25, 0.3) is 0 Å². The van der Waals surface area contributed by atoms with E-state index < -0.39 is 12.0 Å². The van der Waals surface area contributed by atoms with E-state index in [1.54, 1.807) is 0 Å². The summed E-state index contributed by atoms with van der Waals surface area (Å²) in [6.45, 7) is 5.18. The van der Waals surface area contributed by atoms with E-state index in [1.807, 2.05) is 24.0 Å². The lowest BCUT2D eigenvalue weighted by Crippen LogP contribution is -2.53. The van der Waals surface area contributed by atoms with E-state index in [9.17, 15) is 14.7 Å². The van der Waals surface area contributed by atoms with E-state index >= 15 is 0 Å². The lowest BCUT2D eigenvalue weighted by Gasteiger charge is -2.38.